The van der Waals surface area contributed by atoms with Gasteiger partial charge in [0, 0.05) is 19.6 Å². The summed E-state index contributed by atoms with van der Waals surface area (Å²) in [5.74, 6) is 1.36. The molecule has 1 saturated heterocycles. The van der Waals surface area contributed by atoms with Gasteiger partial charge in [-0.3, -0.25) is 9.69 Å². The largest absolute Gasteiger partial charge is 0.359 e. The van der Waals surface area contributed by atoms with Gasteiger partial charge in [0.15, 0.2) is 0 Å². The van der Waals surface area contributed by atoms with E-state index in [0.29, 0.717) is 6.04 Å². The number of piperidine rings is 1. The third kappa shape index (κ3) is 3.24. The summed E-state index contributed by atoms with van der Waals surface area (Å²) in [6.45, 7) is 7.05. The number of hydrogen-bond acceptors (Lipinski definition) is 3. The summed E-state index contributed by atoms with van der Waals surface area (Å²) in [5.41, 5.74) is 2.24. The number of rotatable bonds is 4. The minimum atomic E-state index is 0.102. The van der Waals surface area contributed by atoms with E-state index in [4.69, 9.17) is 4.98 Å². The number of carbonyl (C=O) groups is 1. The van der Waals surface area contributed by atoms with Gasteiger partial charge in [0.05, 0.1) is 23.5 Å². The smallest absolute Gasteiger partial charge is 0.224 e. The minimum absolute atomic E-state index is 0.102. The van der Waals surface area contributed by atoms with Crippen molar-refractivity contribution < 1.29 is 4.79 Å². The lowest BCUT2D eigenvalue weighted by molar-refractivity contribution is -0.126. The van der Waals surface area contributed by atoms with Gasteiger partial charge in [0.1, 0.15) is 5.82 Å². The highest BCUT2D eigenvalue weighted by atomic mass is 16.1. The Balaban J connectivity index is 1.83. The molecule has 1 amide bonds. The Morgan fingerprint density at radius 2 is 2.17 bits per heavy atom. The van der Waals surface area contributed by atoms with E-state index in [2.05, 4.69) is 46.8 Å². The summed E-state index contributed by atoms with van der Waals surface area (Å²) in [4.78, 5) is 19.1. The third-order valence-corrected chi connectivity index (χ3v) is 4.67. The first kappa shape index (κ1) is 16.0. The van der Waals surface area contributed by atoms with E-state index in [1.165, 1.54) is 5.52 Å². The molecule has 1 atom stereocenters. The van der Waals surface area contributed by atoms with Crippen molar-refractivity contribution in [2.45, 2.75) is 39.3 Å². The second-order valence-electron chi connectivity index (χ2n) is 6.67. The Labute approximate surface area is 137 Å². The van der Waals surface area contributed by atoms with Crippen molar-refractivity contribution in [1.29, 1.82) is 0 Å². The molecule has 5 nitrogen and oxygen atoms in total. The number of carbonyl (C=O) groups excluding carboxylic acids is 1. The van der Waals surface area contributed by atoms with Crippen molar-refractivity contribution in [3.05, 3.63) is 30.1 Å². The van der Waals surface area contributed by atoms with E-state index in [9.17, 15) is 4.79 Å². The summed E-state index contributed by atoms with van der Waals surface area (Å²) in [6.07, 6.45) is 2.05. The number of fused-ring (bicyclic) bond motifs is 1. The van der Waals surface area contributed by atoms with Crippen LogP contribution in [0.5, 0.6) is 0 Å². The topological polar surface area (TPSA) is 50.2 Å². The Bertz CT molecular complexity index is 691. The molecule has 1 aromatic heterocycles. The quantitative estimate of drug-likeness (QED) is 0.943. The molecular weight excluding hydrogens is 288 g/mol. The van der Waals surface area contributed by atoms with Crippen LogP contribution >= 0.6 is 0 Å². The van der Waals surface area contributed by atoms with Gasteiger partial charge in [-0.2, -0.15) is 0 Å². The number of amides is 1. The molecule has 1 N–H and O–H groups in total. The number of nitrogens with one attached hydrogen (secondary N) is 1. The lowest BCUT2D eigenvalue weighted by Crippen LogP contribution is -2.42. The van der Waals surface area contributed by atoms with Gasteiger partial charge in [-0.05, 0) is 45.4 Å². The summed E-state index contributed by atoms with van der Waals surface area (Å²) in [6, 6.07) is 8.68. The van der Waals surface area contributed by atoms with E-state index >= 15 is 0 Å². The number of imidazole rings is 1. The van der Waals surface area contributed by atoms with Gasteiger partial charge in [-0.15, -0.1) is 0 Å². The van der Waals surface area contributed by atoms with Crippen LogP contribution < -0.4 is 5.32 Å². The van der Waals surface area contributed by atoms with Crippen LogP contribution in [0.1, 0.15) is 38.6 Å². The van der Waals surface area contributed by atoms with Crippen molar-refractivity contribution >= 4 is 16.9 Å². The van der Waals surface area contributed by atoms with Crippen LogP contribution in [-0.2, 0) is 11.3 Å². The molecule has 1 aliphatic rings. The zero-order chi connectivity index (χ0) is 16.4. The van der Waals surface area contributed by atoms with E-state index < -0.39 is 0 Å². The molecule has 0 bridgehead atoms. The van der Waals surface area contributed by atoms with Crippen molar-refractivity contribution in [1.82, 2.24) is 19.8 Å². The van der Waals surface area contributed by atoms with Crippen LogP contribution in [0.2, 0.25) is 0 Å². The van der Waals surface area contributed by atoms with Crippen LogP contribution in [-0.4, -0.2) is 40.5 Å². The molecule has 0 saturated carbocycles. The lowest BCUT2D eigenvalue weighted by Gasteiger charge is -2.31. The highest BCUT2D eigenvalue weighted by molar-refractivity contribution is 5.78. The second-order valence-corrected chi connectivity index (χ2v) is 6.67. The first-order valence-electron chi connectivity index (χ1n) is 8.50. The maximum absolute atomic E-state index is 11.9. The highest BCUT2D eigenvalue weighted by Crippen LogP contribution is 2.24. The molecule has 23 heavy (non-hydrogen) atoms. The molecule has 2 aromatic rings. The molecule has 0 spiro atoms. The Morgan fingerprint density at radius 1 is 1.39 bits per heavy atom. The third-order valence-electron chi connectivity index (χ3n) is 4.67. The zero-order valence-corrected chi connectivity index (χ0v) is 14.2. The Morgan fingerprint density at radius 3 is 2.91 bits per heavy atom. The molecule has 1 fully saturated rings. The van der Waals surface area contributed by atoms with Crippen LogP contribution in [0.4, 0.5) is 0 Å². The summed E-state index contributed by atoms with van der Waals surface area (Å²) in [7, 11) is 1.72. The highest BCUT2D eigenvalue weighted by Gasteiger charge is 2.26. The molecule has 0 unspecified atom stereocenters. The van der Waals surface area contributed by atoms with E-state index in [-0.39, 0.29) is 11.8 Å². The van der Waals surface area contributed by atoms with Crippen molar-refractivity contribution in [2.24, 2.45) is 5.92 Å². The van der Waals surface area contributed by atoms with Crippen molar-refractivity contribution in [3.63, 3.8) is 0 Å². The number of para-hydroxylation sites is 2. The van der Waals surface area contributed by atoms with Crippen LogP contribution in [0, 0.1) is 5.92 Å². The number of likely N-dealkylation sites (tertiary alicyclic amines) is 1. The molecule has 0 radical (unpaired) electrons. The van der Waals surface area contributed by atoms with Crippen molar-refractivity contribution in [3.8, 4) is 0 Å². The van der Waals surface area contributed by atoms with Crippen LogP contribution in [0.3, 0.4) is 0 Å². The number of benzene rings is 1. The predicted octanol–water partition coefficient (Wildman–Crippen LogP) is 2.58. The summed E-state index contributed by atoms with van der Waals surface area (Å²) >= 11 is 0. The molecule has 3 rings (SSSR count). The molecule has 2 heterocycles. The monoisotopic (exact) mass is 314 g/mol. The number of aromatic nitrogens is 2. The average molecular weight is 314 g/mol. The van der Waals surface area contributed by atoms with Gasteiger partial charge in [0.2, 0.25) is 5.91 Å². The maximum atomic E-state index is 11.9. The zero-order valence-electron chi connectivity index (χ0n) is 14.2. The van der Waals surface area contributed by atoms with E-state index in [1.807, 2.05) is 6.07 Å². The van der Waals surface area contributed by atoms with Gasteiger partial charge >= 0.3 is 0 Å². The normalized spacial score (nSPS) is 19.4. The standard InChI is InChI=1S/C18H26N4O/c1-13(2)22-16-9-5-4-8-15(16)20-17(22)12-21-10-6-7-14(11-21)18(23)19-3/h4-5,8-9,13-14H,6-7,10-12H2,1-3H3,(H,19,23)/t14-/m0/s1. The lowest BCUT2D eigenvalue weighted by atomic mass is 9.97. The molecule has 5 heteroatoms. The van der Waals surface area contributed by atoms with Crippen LogP contribution in [0.15, 0.2) is 24.3 Å². The van der Waals surface area contributed by atoms with Gasteiger partial charge in [0.25, 0.3) is 0 Å². The minimum Gasteiger partial charge on any atom is -0.359 e. The number of hydrogen-bond donors (Lipinski definition) is 1. The predicted molar refractivity (Wildman–Crippen MR) is 92.2 cm³/mol. The van der Waals surface area contributed by atoms with E-state index in [0.717, 1.165) is 43.8 Å². The fourth-order valence-corrected chi connectivity index (χ4v) is 3.60. The maximum Gasteiger partial charge on any atom is 0.224 e. The van der Waals surface area contributed by atoms with E-state index in [1.54, 1.807) is 7.05 Å². The van der Waals surface area contributed by atoms with Gasteiger partial charge < -0.3 is 9.88 Å². The summed E-state index contributed by atoms with van der Waals surface area (Å²) in [5, 5.41) is 2.78. The fraction of sp³-hybridized carbons (Fsp3) is 0.556. The summed E-state index contributed by atoms with van der Waals surface area (Å²) < 4.78 is 2.32. The Hall–Kier alpha value is -1.88. The molecule has 1 aromatic carbocycles. The van der Waals surface area contributed by atoms with Gasteiger partial charge in [-0.25, -0.2) is 4.98 Å². The SMILES string of the molecule is CNC(=O)[C@H]1CCCN(Cc2nc3ccccc3n2C(C)C)C1. The number of nitrogens with zero attached hydrogens (tertiary/aromatic N) is 3. The van der Waals surface area contributed by atoms with Gasteiger partial charge in [-0.1, -0.05) is 12.1 Å². The molecular formula is C18H26N4O. The molecule has 124 valence electrons. The average Bonchev–Trinajstić information content (AvgIpc) is 2.92. The fourth-order valence-electron chi connectivity index (χ4n) is 3.60. The molecule has 0 aliphatic carbocycles. The first-order chi connectivity index (χ1) is 11.1. The molecule has 1 aliphatic heterocycles. The van der Waals surface area contributed by atoms with Crippen molar-refractivity contribution in [2.75, 3.05) is 20.1 Å². The first-order valence-corrected chi connectivity index (χ1v) is 8.50. The van der Waals surface area contributed by atoms with Crippen LogP contribution in [0.25, 0.3) is 11.0 Å². The Kier molecular flexibility index (Phi) is 4.66. The second kappa shape index (κ2) is 6.71.